The summed E-state index contributed by atoms with van der Waals surface area (Å²) in [5, 5.41) is 14.0. The van der Waals surface area contributed by atoms with Gasteiger partial charge in [-0.3, -0.25) is 9.78 Å². The third-order valence-corrected chi connectivity index (χ3v) is 3.38. The van der Waals surface area contributed by atoms with Crippen LogP contribution in [0.15, 0.2) is 29.7 Å². The van der Waals surface area contributed by atoms with Gasteiger partial charge in [0.25, 0.3) is 0 Å². The summed E-state index contributed by atoms with van der Waals surface area (Å²) in [6.45, 7) is 4.07. The molecule has 0 aliphatic rings. The van der Waals surface area contributed by atoms with Gasteiger partial charge >= 0.3 is 5.97 Å². The maximum atomic E-state index is 10.7. The van der Waals surface area contributed by atoms with Gasteiger partial charge in [0.05, 0.1) is 17.6 Å². The zero-order chi connectivity index (χ0) is 13.8. The highest BCUT2D eigenvalue weighted by molar-refractivity contribution is 7.99. The third-order valence-electron chi connectivity index (χ3n) is 2.40. The molecule has 6 nitrogen and oxygen atoms in total. The van der Waals surface area contributed by atoms with Gasteiger partial charge in [-0.05, 0) is 12.0 Å². The summed E-state index contributed by atoms with van der Waals surface area (Å²) in [6, 6.07) is 1.90. The fraction of sp³-hybridized carbons (Fsp3) is 0.333. The molecule has 0 bridgehead atoms. The molecule has 2 rings (SSSR count). The van der Waals surface area contributed by atoms with E-state index in [1.165, 1.54) is 11.8 Å². The fourth-order valence-corrected chi connectivity index (χ4v) is 2.20. The number of thioether (sulfide) groups is 1. The molecule has 2 heterocycles. The lowest BCUT2D eigenvalue weighted by Gasteiger charge is -2.04. The first-order chi connectivity index (χ1) is 9.08. The smallest absolute Gasteiger partial charge is 0.313 e. The van der Waals surface area contributed by atoms with Gasteiger partial charge in [0.1, 0.15) is 5.03 Å². The summed E-state index contributed by atoms with van der Waals surface area (Å²) in [5.41, 5.74) is 0.901. The second-order valence-corrected chi connectivity index (χ2v) is 5.22. The highest BCUT2D eigenvalue weighted by Gasteiger charge is 2.14. The Kier molecular flexibility index (Phi) is 4.16. The predicted molar refractivity (Wildman–Crippen MR) is 71.6 cm³/mol. The summed E-state index contributed by atoms with van der Waals surface area (Å²) >= 11 is 1.22. The molecule has 0 aromatic carbocycles. The molecule has 2 aromatic heterocycles. The van der Waals surface area contributed by atoms with E-state index in [-0.39, 0.29) is 11.7 Å². The summed E-state index contributed by atoms with van der Waals surface area (Å²) in [6.07, 6.45) is 4.76. The lowest BCUT2D eigenvalue weighted by Crippen LogP contribution is -2.04. The molecular formula is C12H14N4O2S. The van der Waals surface area contributed by atoms with Crippen molar-refractivity contribution >= 4 is 17.7 Å². The second-order valence-electron chi connectivity index (χ2n) is 4.22. The Balaban J connectivity index is 2.37. The number of aliphatic carboxylic acids is 1. The van der Waals surface area contributed by atoms with Gasteiger partial charge in [0.2, 0.25) is 0 Å². The van der Waals surface area contributed by atoms with Crippen molar-refractivity contribution in [1.29, 1.82) is 0 Å². The van der Waals surface area contributed by atoms with Gasteiger partial charge in [0.15, 0.2) is 5.82 Å². The van der Waals surface area contributed by atoms with E-state index in [2.05, 4.69) is 15.1 Å². The van der Waals surface area contributed by atoms with Crippen LogP contribution in [-0.4, -0.2) is 36.6 Å². The summed E-state index contributed by atoms with van der Waals surface area (Å²) in [4.78, 5) is 18.9. The molecule has 0 aliphatic heterocycles. The van der Waals surface area contributed by atoms with Crippen LogP contribution in [0, 0.1) is 0 Å². The van der Waals surface area contributed by atoms with Crippen molar-refractivity contribution in [2.75, 3.05) is 5.75 Å². The Morgan fingerprint density at radius 1 is 1.47 bits per heavy atom. The molecular weight excluding hydrogens is 264 g/mol. The Morgan fingerprint density at radius 2 is 2.26 bits per heavy atom. The average Bonchev–Trinajstić information content (AvgIpc) is 2.81. The highest BCUT2D eigenvalue weighted by Crippen LogP contribution is 2.25. The zero-order valence-electron chi connectivity index (χ0n) is 10.6. The van der Waals surface area contributed by atoms with Crippen LogP contribution >= 0.6 is 11.8 Å². The number of rotatable bonds is 5. The van der Waals surface area contributed by atoms with E-state index >= 15 is 0 Å². The minimum absolute atomic E-state index is 0.0104. The van der Waals surface area contributed by atoms with E-state index in [4.69, 9.17) is 5.11 Å². The Morgan fingerprint density at radius 3 is 2.84 bits per heavy atom. The molecule has 0 amide bonds. The second kappa shape index (κ2) is 5.83. The van der Waals surface area contributed by atoms with E-state index in [0.717, 1.165) is 10.7 Å². The number of carboxylic acids is 1. The monoisotopic (exact) mass is 278 g/mol. The first-order valence-corrected chi connectivity index (χ1v) is 6.77. The number of hydrogen-bond acceptors (Lipinski definition) is 5. The van der Waals surface area contributed by atoms with Crippen LogP contribution in [0.3, 0.4) is 0 Å². The van der Waals surface area contributed by atoms with Crippen molar-refractivity contribution < 1.29 is 9.90 Å². The molecule has 7 heteroatoms. The molecule has 19 heavy (non-hydrogen) atoms. The maximum absolute atomic E-state index is 10.7. The van der Waals surface area contributed by atoms with Crippen molar-refractivity contribution in [2.45, 2.75) is 24.8 Å². The Hall–Kier alpha value is -1.89. The first-order valence-electron chi connectivity index (χ1n) is 5.79. The van der Waals surface area contributed by atoms with E-state index < -0.39 is 5.97 Å². The van der Waals surface area contributed by atoms with Gasteiger partial charge in [-0.15, -0.1) is 0 Å². The average molecular weight is 278 g/mol. The van der Waals surface area contributed by atoms with Gasteiger partial charge in [-0.1, -0.05) is 25.6 Å². The van der Waals surface area contributed by atoms with Gasteiger partial charge < -0.3 is 5.11 Å². The largest absolute Gasteiger partial charge is 0.481 e. The molecule has 0 unspecified atom stereocenters. The topological polar surface area (TPSA) is 80.9 Å². The molecule has 0 fully saturated rings. The number of nitrogens with zero attached hydrogens (tertiary/aromatic N) is 4. The minimum atomic E-state index is -0.858. The summed E-state index contributed by atoms with van der Waals surface area (Å²) in [5.74, 6) is -0.0175. The third kappa shape index (κ3) is 3.31. The van der Waals surface area contributed by atoms with Gasteiger partial charge in [-0.2, -0.15) is 5.10 Å². The molecule has 0 saturated heterocycles. The molecule has 1 N–H and O–H groups in total. The van der Waals surface area contributed by atoms with Crippen LogP contribution in [0.2, 0.25) is 0 Å². The molecule has 0 aliphatic carbocycles. The lowest BCUT2D eigenvalue weighted by molar-refractivity contribution is -0.133. The first kappa shape index (κ1) is 13.5. The predicted octanol–water partition coefficient (Wildman–Crippen LogP) is 1.96. The quantitative estimate of drug-likeness (QED) is 0.842. The molecule has 0 atom stereocenters. The van der Waals surface area contributed by atoms with E-state index in [1.54, 1.807) is 23.3 Å². The van der Waals surface area contributed by atoms with E-state index in [9.17, 15) is 4.79 Å². The molecule has 100 valence electrons. The molecule has 2 aromatic rings. The summed E-state index contributed by atoms with van der Waals surface area (Å²) < 4.78 is 1.63. The fourth-order valence-electron chi connectivity index (χ4n) is 1.47. The molecule has 0 radical (unpaired) electrons. The van der Waals surface area contributed by atoms with Crippen molar-refractivity contribution in [1.82, 2.24) is 19.7 Å². The van der Waals surface area contributed by atoms with Crippen molar-refractivity contribution in [3.63, 3.8) is 0 Å². The van der Waals surface area contributed by atoms with E-state index in [0.29, 0.717) is 5.82 Å². The number of hydrogen-bond donors (Lipinski definition) is 1. The number of aromatic nitrogens is 4. The Labute approximate surface area is 114 Å². The standard InChI is InChI=1S/C12H14N4O2S/c1-8(2)9-5-11(19-7-12(17)18)16(15-9)10-6-13-3-4-14-10/h3-6,8H,7H2,1-2H3,(H,17,18). The maximum Gasteiger partial charge on any atom is 0.313 e. The van der Waals surface area contributed by atoms with Gasteiger partial charge in [-0.25, -0.2) is 9.67 Å². The highest BCUT2D eigenvalue weighted by atomic mass is 32.2. The zero-order valence-corrected chi connectivity index (χ0v) is 11.5. The van der Waals surface area contributed by atoms with Gasteiger partial charge in [0, 0.05) is 12.4 Å². The Bertz CT molecular complexity index is 568. The molecule has 0 saturated carbocycles. The van der Waals surface area contributed by atoms with Crippen LogP contribution in [0.1, 0.15) is 25.5 Å². The van der Waals surface area contributed by atoms with Crippen molar-refractivity contribution in [2.24, 2.45) is 0 Å². The van der Waals surface area contributed by atoms with E-state index in [1.807, 2.05) is 19.9 Å². The van der Waals surface area contributed by atoms with Crippen LogP contribution in [0.4, 0.5) is 0 Å². The van der Waals surface area contributed by atoms with Crippen LogP contribution in [0.5, 0.6) is 0 Å². The number of carboxylic acid groups (broad SMARTS) is 1. The lowest BCUT2D eigenvalue weighted by atomic mass is 10.1. The minimum Gasteiger partial charge on any atom is -0.481 e. The summed E-state index contributed by atoms with van der Waals surface area (Å²) in [7, 11) is 0. The number of carbonyl (C=O) groups is 1. The van der Waals surface area contributed by atoms with Crippen LogP contribution in [-0.2, 0) is 4.79 Å². The van der Waals surface area contributed by atoms with Crippen LogP contribution in [0.25, 0.3) is 5.82 Å². The van der Waals surface area contributed by atoms with Crippen molar-refractivity contribution in [3.8, 4) is 5.82 Å². The molecule has 0 spiro atoms. The SMILES string of the molecule is CC(C)c1cc(SCC(=O)O)n(-c2cnccn2)n1. The van der Waals surface area contributed by atoms with Crippen molar-refractivity contribution in [3.05, 3.63) is 30.4 Å². The van der Waals surface area contributed by atoms with Crippen LogP contribution < -0.4 is 0 Å². The normalized spacial score (nSPS) is 10.9.